The number of alkyl halides is 3. The molecule has 0 aromatic heterocycles. The van der Waals surface area contributed by atoms with E-state index in [1.807, 2.05) is 18.2 Å². The maximum atomic E-state index is 12.8. The van der Waals surface area contributed by atoms with Gasteiger partial charge in [0.05, 0.1) is 11.6 Å². The molecule has 1 atom stereocenters. The average Bonchev–Trinajstić information content (AvgIpc) is 2.85. The van der Waals surface area contributed by atoms with Crippen molar-refractivity contribution in [3.63, 3.8) is 0 Å². The molecule has 6 heteroatoms. The highest BCUT2D eigenvalue weighted by Gasteiger charge is 2.31. The molecule has 3 nitrogen and oxygen atoms in total. The van der Waals surface area contributed by atoms with Gasteiger partial charge < -0.3 is 9.64 Å². The van der Waals surface area contributed by atoms with E-state index in [0.29, 0.717) is 12.6 Å². The van der Waals surface area contributed by atoms with E-state index in [1.165, 1.54) is 12.1 Å². The normalized spacial score (nSPS) is 21.1. The minimum atomic E-state index is -4.31. The number of piperazine rings is 1. The van der Waals surface area contributed by atoms with Crippen LogP contribution in [0.3, 0.4) is 0 Å². The first-order valence-electron chi connectivity index (χ1n) is 9.34. The predicted molar refractivity (Wildman–Crippen MR) is 98.7 cm³/mol. The van der Waals surface area contributed by atoms with E-state index in [4.69, 9.17) is 4.74 Å². The molecule has 27 heavy (non-hydrogen) atoms. The highest BCUT2D eigenvalue weighted by molar-refractivity contribution is 5.66. The van der Waals surface area contributed by atoms with Gasteiger partial charge in [0.25, 0.3) is 0 Å². The third kappa shape index (κ3) is 3.82. The number of hydrogen-bond acceptors (Lipinski definition) is 3. The SMILES string of the molecule is CCN1CCN2Cc3cc(-c4ccc(C(F)(F)F)cc4)ccc3OC[C@H]2C1. The van der Waals surface area contributed by atoms with Crippen molar-refractivity contribution in [3.05, 3.63) is 53.6 Å². The van der Waals surface area contributed by atoms with Crippen LogP contribution in [0.1, 0.15) is 18.1 Å². The number of rotatable bonds is 2. The molecule has 0 radical (unpaired) electrons. The van der Waals surface area contributed by atoms with Crippen molar-refractivity contribution in [2.75, 3.05) is 32.8 Å². The molecule has 2 aliphatic rings. The van der Waals surface area contributed by atoms with Gasteiger partial charge in [-0.15, -0.1) is 0 Å². The average molecular weight is 376 g/mol. The summed E-state index contributed by atoms with van der Waals surface area (Å²) in [4.78, 5) is 4.89. The molecule has 0 spiro atoms. The summed E-state index contributed by atoms with van der Waals surface area (Å²) in [5, 5.41) is 0. The van der Waals surface area contributed by atoms with Gasteiger partial charge in [0.15, 0.2) is 0 Å². The largest absolute Gasteiger partial charge is 0.492 e. The molecule has 2 aromatic rings. The molecule has 0 N–H and O–H groups in total. The van der Waals surface area contributed by atoms with Gasteiger partial charge in [0.1, 0.15) is 12.4 Å². The summed E-state index contributed by atoms with van der Waals surface area (Å²) in [5.41, 5.74) is 2.17. The van der Waals surface area contributed by atoms with E-state index in [9.17, 15) is 13.2 Å². The molecule has 0 amide bonds. The zero-order valence-electron chi connectivity index (χ0n) is 15.3. The number of benzene rings is 2. The molecule has 2 aromatic carbocycles. The fraction of sp³-hybridized carbons (Fsp3) is 0.429. The molecular formula is C21H23F3N2O. The Morgan fingerprint density at radius 1 is 1.04 bits per heavy atom. The van der Waals surface area contributed by atoms with E-state index < -0.39 is 11.7 Å². The Hall–Kier alpha value is -2.05. The van der Waals surface area contributed by atoms with Gasteiger partial charge in [0.2, 0.25) is 0 Å². The monoisotopic (exact) mass is 376 g/mol. The first-order chi connectivity index (χ1) is 12.9. The molecular weight excluding hydrogens is 353 g/mol. The van der Waals surface area contributed by atoms with Crippen molar-refractivity contribution in [2.45, 2.75) is 25.7 Å². The lowest BCUT2D eigenvalue weighted by molar-refractivity contribution is -0.137. The topological polar surface area (TPSA) is 15.7 Å². The van der Waals surface area contributed by atoms with Crippen LogP contribution in [0, 0.1) is 0 Å². The molecule has 0 unspecified atom stereocenters. The number of hydrogen-bond donors (Lipinski definition) is 0. The zero-order valence-corrected chi connectivity index (χ0v) is 15.3. The van der Waals surface area contributed by atoms with Crippen molar-refractivity contribution in [1.29, 1.82) is 0 Å². The molecule has 0 aliphatic carbocycles. The highest BCUT2D eigenvalue weighted by Crippen LogP contribution is 2.34. The Bertz CT molecular complexity index is 804. The maximum Gasteiger partial charge on any atom is 0.416 e. The van der Waals surface area contributed by atoms with Crippen LogP contribution < -0.4 is 4.74 Å². The number of halogens is 3. The third-order valence-electron chi connectivity index (χ3n) is 5.55. The molecule has 0 bridgehead atoms. The van der Waals surface area contributed by atoms with Gasteiger partial charge in [-0.3, -0.25) is 4.90 Å². The molecule has 4 rings (SSSR count). The summed E-state index contributed by atoms with van der Waals surface area (Å²) < 4.78 is 44.4. The smallest absolute Gasteiger partial charge is 0.416 e. The van der Waals surface area contributed by atoms with E-state index in [0.717, 1.165) is 67.3 Å². The van der Waals surface area contributed by atoms with E-state index in [-0.39, 0.29) is 0 Å². The lowest BCUT2D eigenvalue weighted by Crippen LogP contribution is -2.53. The Balaban J connectivity index is 1.57. The van der Waals surface area contributed by atoms with Crippen molar-refractivity contribution in [2.24, 2.45) is 0 Å². The molecule has 1 saturated heterocycles. The Labute approximate surface area is 157 Å². The van der Waals surface area contributed by atoms with E-state index in [1.54, 1.807) is 0 Å². The number of ether oxygens (including phenoxy) is 1. The summed E-state index contributed by atoms with van der Waals surface area (Å²) in [6.07, 6.45) is -4.31. The minimum Gasteiger partial charge on any atom is -0.492 e. The van der Waals surface area contributed by atoms with Crippen molar-refractivity contribution < 1.29 is 17.9 Å². The Kier molecular flexibility index (Phi) is 4.86. The third-order valence-corrected chi connectivity index (χ3v) is 5.55. The van der Waals surface area contributed by atoms with Crippen LogP contribution in [0.5, 0.6) is 5.75 Å². The molecule has 144 valence electrons. The standard InChI is InChI=1S/C21H23F3N2O/c1-2-25-9-10-26-12-17-11-16(5-8-20(17)27-14-19(26)13-25)15-3-6-18(7-4-15)21(22,23)24/h3-8,11,19H,2,9-10,12-14H2,1H3/t19-/m1/s1. The minimum absolute atomic E-state index is 0.376. The summed E-state index contributed by atoms with van der Waals surface area (Å²) >= 11 is 0. The van der Waals surface area contributed by atoms with Crippen molar-refractivity contribution in [1.82, 2.24) is 9.80 Å². The van der Waals surface area contributed by atoms with Crippen LogP contribution in [-0.2, 0) is 12.7 Å². The van der Waals surface area contributed by atoms with Gasteiger partial charge in [-0.1, -0.05) is 25.1 Å². The predicted octanol–water partition coefficient (Wildman–Crippen LogP) is 4.27. The second-order valence-corrected chi connectivity index (χ2v) is 7.23. The first kappa shape index (κ1) is 18.3. The van der Waals surface area contributed by atoms with Crippen LogP contribution in [-0.4, -0.2) is 48.6 Å². The van der Waals surface area contributed by atoms with E-state index >= 15 is 0 Å². The lowest BCUT2D eigenvalue weighted by atomic mass is 10.0. The first-order valence-corrected chi connectivity index (χ1v) is 9.34. The Morgan fingerprint density at radius 3 is 2.48 bits per heavy atom. The summed E-state index contributed by atoms with van der Waals surface area (Å²) in [7, 11) is 0. The quantitative estimate of drug-likeness (QED) is 0.779. The molecule has 0 saturated carbocycles. The molecule has 1 fully saturated rings. The number of likely N-dealkylation sites (N-methyl/N-ethyl adjacent to an activating group) is 1. The second-order valence-electron chi connectivity index (χ2n) is 7.23. The molecule has 2 heterocycles. The van der Waals surface area contributed by atoms with Crippen LogP contribution in [0.15, 0.2) is 42.5 Å². The van der Waals surface area contributed by atoms with Crippen LogP contribution in [0.2, 0.25) is 0 Å². The summed E-state index contributed by atoms with van der Waals surface area (Å²) in [6.45, 7) is 7.78. The fourth-order valence-corrected chi connectivity index (χ4v) is 3.89. The van der Waals surface area contributed by atoms with Gasteiger partial charge >= 0.3 is 6.18 Å². The number of nitrogens with zero attached hydrogens (tertiary/aromatic N) is 2. The van der Waals surface area contributed by atoms with Gasteiger partial charge in [0, 0.05) is 31.7 Å². The summed E-state index contributed by atoms with van der Waals surface area (Å²) in [6, 6.07) is 11.6. The number of fused-ring (bicyclic) bond motifs is 2. The van der Waals surface area contributed by atoms with Gasteiger partial charge in [-0.25, -0.2) is 0 Å². The van der Waals surface area contributed by atoms with Crippen molar-refractivity contribution >= 4 is 0 Å². The van der Waals surface area contributed by atoms with Gasteiger partial charge in [-0.2, -0.15) is 13.2 Å². The van der Waals surface area contributed by atoms with Crippen LogP contribution in [0.4, 0.5) is 13.2 Å². The highest BCUT2D eigenvalue weighted by atomic mass is 19.4. The van der Waals surface area contributed by atoms with Crippen molar-refractivity contribution in [3.8, 4) is 16.9 Å². The zero-order chi connectivity index (χ0) is 19.0. The van der Waals surface area contributed by atoms with E-state index in [2.05, 4.69) is 16.7 Å². The molecule has 2 aliphatic heterocycles. The summed E-state index contributed by atoms with van der Waals surface area (Å²) in [5.74, 6) is 0.878. The Morgan fingerprint density at radius 2 is 1.78 bits per heavy atom. The fourth-order valence-electron chi connectivity index (χ4n) is 3.89. The van der Waals surface area contributed by atoms with Gasteiger partial charge in [-0.05, 0) is 41.9 Å². The maximum absolute atomic E-state index is 12.8. The second kappa shape index (κ2) is 7.17. The van der Waals surface area contributed by atoms with Crippen LogP contribution in [0.25, 0.3) is 11.1 Å². The lowest BCUT2D eigenvalue weighted by Gasteiger charge is -2.39. The van der Waals surface area contributed by atoms with Crippen LogP contribution >= 0.6 is 0 Å².